The number of nitrogens with zero attached hydrogens (tertiary/aromatic N) is 3. The smallest absolute Gasteiger partial charge is 0.407 e. The van der Waals surface area contributed by atoms with Gasteiger partial charge in [-0.15, -0.1) is 0 Å². The van der Waals surface area contributed by atoms with Crippen LogP contribution in [0.5, 0.6) is 0 Å². The monoisotopic (exact) mass is 380 g/mol. The van der Waals surface area contributed by atoms with Gasteiger partial charge in [0.15, 0.2) is 0 Å². The highest BCUT2D eigenvalue weighted by atomic mass is 16.4. The summed E-state index contributed by atoms with van der Waals surface area (Å²) in [6.45, 7) is 1.64. The van der Waals surface area contributed by atoms with Crippen molar-refractivity contribution in [1.82, 2.24) is 14.5 Å². The third-order valence-electron chi connectivity index (χ3n) is 5.50. The van der Waals surface area contributed by atoms with Crippen molar-refractivity contribution in [2.45, 2.75) is 25.4 Å². The molecule has 0 saturated carbocycles. The van der Waals surface area contributed by atoms with Crippen LogP contribution in [-0.2, 0) is 6.54 Å². The number of rotatable bonds is 4. The number of hydrogen-bond acceptors (Lipinski definition) is 3. The fraction of sp³-hybridized carbons (Fsp3) is 0.333. The van der Waals surface area contributed by atoms with Gasteiger partial charge < -0.3 is 19.9 Å². The zero-order valence-corrected chi connectivity index (χ0v) is 15.8. The predicted molar refractivity (Wildman–Crippen MR) is 109 cm³/mol. The van der Waals surface area contributed by atoms with Crippen molar-refractivity contribution < 1.29 is 9.90 Å². The zero-order chi connectivity index (χ0) is 19.7. The van der Waals surface area contributed by atoms with Crippen LogP contribution in [0.1, 0.15) is 24.4 Å². The largest absolute Gasteiger partial charge is 0.465 e. The predicted octanol–water partition coefficient (Wildman–Crippen LogP) is 3.28. The third kappa shape index (κ3) is 3.35. The Morgan fingerprint density at radius 2 is 1.86 bits per heavy atom. The minimum atomic E-state index is -0.894. The quantitative estimate of drug-likeness (QED) is 0.728. The van der Waals surface area contributed by atoms with Gasteiger partial charge in [0.05, 0.1) is 16.7 Å². The van der Waals surface area contributed by atoms with Crippen molar-refractivity contribution in [1.29, 1.82) is 0 Å². The molecule has 0 radical (unpaired) electrons. The van der Waals surface area contributed by atoms with Gasteiger partial charge in [-0.05, 0) is 30.5 Å². The first kappa shape index (κ1) is 18.2. The van der Waals surface area contributed by atoms with Gasteiger partial charge in [0, 0.05) is 32.7 Å². The van der Waals surface area contributed by atoms with Crippen LogP contribution in [0.4, 0.5) is 10.5 Å². The number of carbonyl (C=O) groups is 1. The SMILES string of the molecule is CN(Cc1ccccc1)c1cccc2c1[nH]c(=O)n2C1CCN(C(=O)O)CC1. The molecule has 4 rings (SSSR count). The van der Waals surface area contributed by atoms with E-state index in [0.717, 1.165) is 23.3 Å². The highest BCUT2D eigenvalue weighted by Gasteiger charge is 2.26. The maximum Gasteiger partial charge on any atom is 0.407 e. The first-order chi connectivity index (χ1) is 13.5. The van der Waals surface area contributed by atoms with Gasteiger partial charge in [0.1, 0.15) is 0 Å². The number of fused-ring (bicyclic) bond motifs is 1. The van der Waals surface area contributed by atoms with E-state index in [1.165, 1.54) is 10.5 Å². The number of amides is 1. The van der Waals surface area contributed by atoms with E-state index in [0.29, 0.717) is 25.9 Å². The summed E-state index contributed by atoms with van der Waals surface area (Å²) in [5.41, 5.74) is 3.73. The highest BCUT2D eigenvalue weighted by Crippen LogP contribution is 2.29. The lowest BCUT2D eigenvalue weighted by Gasteiger charge is -2.30. The van der Waals surface area contributed by atoms with Crippen LogP contribution in [-0.4, -0.2) is 45.8 Å². The molecule has 146 valence electrons. The summed E-state index contributed by atoms with van der Waals surface area (Å²) in [6.07, 6.45) is 0.390. The molecule has 28 heavy (non-hydrogen) atoms. The molecule has 0 spiro atoms. The second-order valence-electron chi connectivity index (χ2n) is 7.31. The van der Waals surface area contributed by atoms with Crippen LogP contribution >= 0.6 is 0 Å². The van der Waals surface area contributed by atoms with Gasteiger partial charge >= 0.3 is 11.8 Å². The summed E-state index contributed by atoms with van der Waals surface area (Å²) in [5, 5.41) is 9.15. The van der Waals surface area contributed by atoms with Gasteiger partial charge in [-0.25, -0.2) is 9.59 Å². The van der Waals surface area contributed by atoms with Crippen LogP contribution in [0.3, 0.4) is 0 Å². The standard InChI is InChI=1S/C21H24N4O3/c1-23(14-15-6-3-2-4-7-15)17-8-5-9-18-19(17)22-20(26)25(18)16-10-12-24(13-11-16)21(27)28/h2-9,16H,10-14H2,1H3,(H,22,26)(H,27,28). The molecule has 7 nitrogen and oxygen atoms in total. The number of aromatic amines is 1. The minimum Gasteiger partial charge on any atom is -0.465 e. The molecule has 1 fully saturated rings. The summed E-state index contributed by atoms with van der Waals surface area (Å²) in [6, 6.07) is 16.1. The minimum absolute atomic E-state index is 0.00605. The molecule has 1 saturated heterocycles. The molecule has 0 aliphatic carbocycles. The van der Waals surface area contributed by atoms with Crippen LogP contribution in [0.2, 0.25) is 0 Å². The summed E-state index contributed by atoms with van der Waals surface area (Å²) in [7, 11) is 2.02. The molecule has 1 aliphatic rings. The number of nitrogens with one attached hydrogen (secondary N) is 1. The lowest BCUT2D eigenvalue weighted by atomic mass is 10.0. The Bertz CT molecular complexity index is 1030. The molecule has 2 heterocycles. The number of likely N-dealkylation sites (tertiary alicyclic amines) is 1. The topological polar surface area (TPSA) is 81.6 Å². The molecule has 1 aliphatic heterocycles. The van der Waals surface area contributed by atoms with Crippen LogP contribution in [0.25, 0.3) is 11.0 Å². The molecule has 2 N–H and O–H groups in total. The average Bonchev–Trinajstić information content (AvgIpc) is 3.04. The molecule has 0 atom stereocenters. The van der Waals surface area contributed by atoms with E-state index < -0.39 is 6.09 Å². The number of piperidine rings is 1. The number of aromatic nitrogens is 2. The van der Waals surface area contributed by atoms with Crippen LogP contribution < -0.4 is 10.6 Å². The van der Waals surface area contributed by atoms with Crippen molar-refractivity contribution in [3.63, 3.8) is 0 Å². The fourth-order valence-electron chi connectivity index (χ4n) is 4.07. The second-order valence-corrected chi connectivity index (χ2v) is 7.31. The van der Waals surface area contributed by atoms with Gasteiger partial charge in [0.25, 0.3) is 0 Å². The molecule has 3 aromatic rings. The summed E-state index contributed by atoms with van der Waals surface area (Å²) < 4.78 is 1.80. The number of imidazole rings is 1. The Balaban J connectivity index is 1.64. The summed E-state index contributed by atoms with van der Waals surface area (Å²) >= 11 is 0. The van der Waals surface area contributed by atoms with Gasteiger partial charge in [-0.3, -0.25) is 4.57 Å². The first-order valence-corrected chi connectivity index (χ1v) is 9.51. The van der Waals surface area contributed by atoms with E-state index in [1.807, 2.05) is 43.4 Å². The van der Waals surface area contributed by atoms with E-state index >= 15 is 0 Å². The van der Waals surface area contributed by atoms with Crippen LogP contribution in [0.15, 0.2) is 53.3 Å². The van der Waals surface area contributed by atoms with Crippen LogP contribution in [0, 0.1) is 0 Å². The Labute approximate surface area is 162 Å². The van der Waals surface area contributed by atoms with Crippen molar-refractivity contribution >= 4 is 22.8 Å². The van der Waals surface area contributed by atoms with Crippen molar-refractivity contribution in [3.05, 3.63) is 64.6 Å². The molecule has 0 unspecified atom stereocenters. The lowest BCUT2D eigenvalue weighted by Crippen LogP contribution is -2.39. The summed E-state index contributed by atoms with van der Waals surface area (Å²) in [4.78, 5) is 30.5. The summed E-state index contributed by atoms with van der Waals surface area (Å²) in [5.74, 6) is 0. The number of anilines is 1. The molecule has 0 bridgehead atoms. The van der Waals surface area contributed by atoms with Crippen molar-refractivity contribution in [3.8, 4) is 0 Å². The van der Waals surface area contributed by atoms with E-state index in [4.69, 9.17) is 5.11 Å². The van der Waals surface area contributed by atoms with E-state index in [2.05, 4.69) is 22.0 Å². The maximum absolute atomic E-state index is 12.7. The molecule has 1 aromatic heterocycles. The first-order valence-electron chi connectivity index (χ1n) is 9.51. The van der Waals surface area contributed by atoms with Gasteiger partial charge in [-0.1, -0.05) is 36.4 Å². The maximum atomic E-state index is 12.7. The van der Waals surface area contributed by atoms with E-state index in [9.17, 15) is 9.59 Å². The highest BCUT2D eigenvalue weighted by molar-refractivity contribution is 5.89. The second kappa shape index (κ2) is 7.42. The third-order valence-corrected chi connectivity index (χ3v) is 5.50. The molecular formula is C21H24N4O3. The van der Waals surface area contributed by atoms with E-state index in [-0.39, 0.29) is 11.7 Å². The molecule has 1 amide bonds. The fourth-order valence-corrected chi connectivity index (χ4v) is 4.07. The Hall–Kier alpha value is -3.22. The van der Waals surface area contributed by atoms with Gasteiger partial charge in [0.2, 0.25) is 0 Å². The Morgan fingerprint density at radius 3 is 2.54 bits per heavy atom. The molecule has 2 aromatic carbocycles. The number of para-hydroxylation sites is 1. The number of carboxylic acid groups (broad SMARTS) is 1. The number of benzene rings is 2. The molecule has 7 heteroatoms. The van der Waals surface area contributed by atoms with E-state index in [1.54, 1.807) is 4.57 Å². The Kier molecular flexibility index (Phi) is 4.81. The Morgan fingerprint density at radius 1 is 1.14 bits per heavy atom. The average molecular weight is 380 g/mol. The molecular weight excluding hydrogens is 356 g/mol. The lowest BCUT2D eigenvalue weighted by molar-refractivity contribution is 0.125. The zero-order valence-electron chi connectivity index (χ0n) is 15.8. The van der Waals surface area contributed by atoms with Crippen molar-refractivity contribution in [2.24, 2.45) is 0 Å². The van der Waals surface area contributed by atoms with Crippen molar-refractivity contribution in [2.75, 3.05) is 25.0 Å². The number of hydrogen-bond donors (Lipinski definition) is 2. The van der Waals surface area contributed by atoms with Gasteiger partial charge in [-0.2, -0.15) is 0 Å². The normalized spacial score (nSPS) is 15.1. The number of H-pyrrole nitrogens is 1.